The van der Waals surface area contributed by atoms with Crippen molar-refractivity contribution in [2.45, 2.75) is 19.3 Å². The fraction of sp³-hybridized carbons (Fsp3) is 0.333. The van der Waals surface area contributed by atoms with Crippen molar-refractivity contribution in [2.75, 3.05) is 37.9 Å². The largest absolute Gasteiger partial charge is 0.493 e. The SMILES string of the molecule is COc1cccc(NC(=O)Nc2ccc(CC(=O)N3CCCC3)cc2)c1OC. The number of likely N-dealkylation sites (tertiary alicyclic amines) is 1. The Labute approximate surface area is 164 Å². The van der Waals surface area contributed by atoms with E-state index in [1.165, 1.54) is 14.2 Å². The lowest BCUT2D eigenvalue weighted by atomic mass is 10.1. The van der Waals surface area contributed by atoms with Gasteiger partial charge in [-0.15, -0.1) is 0 Å². The Hall–Kier alpha value is -3.22. The Bertz CT molecular complexity index is 830. The molecule has 2 aromatic rings. The van der Waals surface area contributed by atoms with Gasteiger partial charge in [-0.05, 0) is 42.7 Å². The van der Waals surface area contributed by atoms with Gasteiger partial charge < -0.3 is 25.0 Å². The zero-order valence-corrected chi connectivity index (χ0v) is 16.2. The monoisotopic (exact) mass is 383 g/mol. The molecule has 0 aliphatic carbocycles. The molecule has 148 valence electrons. The quantitative estimate of drug-likeness (QED) is 0.800. The molecule has 28 heavy (non-hydrogen) atoms. The lowest BCUT2D eigenvalue weighted by molar-refractivity contribution is -0.129. The molecule has 0 aromatic heterocycles. The summed E-state index contributed by atoms with van der Waals surface area (Å²) in [5, 5.41) is 5.53. The molecule has 1 aliphatic heterocycles. The van der Waals surface area contributed by atoms with Crippen LogP contribution in [-0.2, 0) is 11.2 Å². The second-order valence-electron chi connectivity index (χ2n) is 6.58. The van der Waals surface area contributed by atoms with E-state index in [0.29, 0.717) is 29.3 Å². The molecule has 0 atom stereocenters. The molecule has 0 unspecified atom stereocenters. The van der Waals surface area contributed by atoms with Gasteiger partial charge in [0.2, 0.25) is 5.91 Å². The fourth-order valence-electron chi connectivity index (χ4n) is 3.23. The number of ether oxygens (including phenoxy) is 2. The molecule has 2 N–H and O–H groups in total. The second-order valence-corrected chi connectivity index (χ2v) is 6.58. The van der Waals surface area contributed by atoms with Crippen LogP contribution in [-0.4, -0.2) is 44.1 Å². The molecule has 1 saturated heterocycles. The van der Waals surface area contributed by atoms with Crippen LogP contribution in [0.25, 0.3) is 0 Å². The van der Waals surface area contributed by atoms with Crippen molar-refractivity contribution in [1.29, 1.82) is 0 Å². The number of para-hydroxylation sites is 1. The van der Waals surface area contributed by atoms with E-state index in [2.05, 4.69) is 10.6 Å². The van der Waals surface area contributed by atoms with E-state index in [1.54, 1.807) is 30.3 Å². The zero-order chi connectivity index (χ0) is 19.9. The first kappa shape index (κ1) is 19.5. The van der Waals surface area contributed by atoms with Gasteiger partial charge in [0.15, 0.2) is 11.5 Å². The van der Waals surface area contributed by atoms with Gasteiger partial charge in [0.05, 0.1) is 26.3 Å². The van der Waals surface area contributed by atoms with Crippen molar-refractivity contribution < 1.29 is 19.1 Å². The molecule has 7 heteroatoms. The number of benzene rings is 2. The normalized spacial score (nSPS) is 13.1. The predicted molar refractivity (Wildman–Crippen MR) is 108 cm³/mol. The highest BCUT2D eigenvalue weighted by Crippen LogP contribution is 2.34. The predicted octanol–water partition coefficient (Wildman–Crippen LogP) is 3.51. The van der Waals surface area contributed by atoms with Crippen molar-refractivity contribution in [3.63, 3.8) is 0 Å². The number of nitrogens with zero attached hydrogens (tertiary/aromatic N) is 1. The maximum absolute atomic E-state index is 12.3. The molecule has 0 bridgehead atoms. The van der Waals surface area contributed by atoms with Crippen molar-refractivity contribution in [2.24, 2.45) is 0 Å². The summed E-state index contributed by atoms with van der Waals surface area (Å²) in [5.74, 6) is 1.14. The summed E-state index contributed by atoms with van der Waals surface area (Å²) in [5.41, 5.74) is 2.07. The summed E-state index contributed by atoms with van der Waals surface area (Å²) < 4.78 is 10.5. The van der Waals surface area contributed by atoms with E-state index in [1.807, 2.05) is 17.0 Å². The molecule has 2 aromatic carbocycles. The number of rotatable bonds is 6. The summed E-state index contributed by atoms with van der Waals surface area (Å²) >= 11 is 0. The molecule has 1 aliphatic rings. The van der Waals surface area contributed by atoms with Crippen LogP contribution in [0.2, 0.25) is 0 Å². The number of urea groups is 1. The molecule has 0 spiro atoms. The summed E-state index contributed by atoms with van der Waals surface area (Å²) in [6, 6.07) is 12.1. The molecular formula is C21H25N3O4. The maximum atomic E-state index is 12.3. The standard InChI is InChI=1S/C21H25N3O4/c1-27-18-7-5-6-17(20(18)28-2)23-21(26)22-16-10-8-15(9-11-16)14-19(25)24-12-3-4-13-24/h5-11H,3-4,12-14H2,1-2H3,(H2,22,23,26). The third kappa shape index (κ3) is 4.73. The third-order valence-corrected chi connectivity index (χ3v) is 4.68. The van der Waals surface area contributed by atoms with Crippen molar-refractivity contribution >= 4 is 23.3 Å². The highest BCUT2D eigenvalue weighted by atomic mass is 16.5. The van der Waals surface area contributed by atoms with E-state index in [0.717, 1.165) is 31.5 Å². The number of hydrogen-bond donors (Lipinski definition) is 2. The van der Waals surface area contributed by atoms with Crippen molar-refractivity contribution in [1.82, 2.24) is 4.90 Å². The van der Waals surface area contributed by atoms with Crippen LogP contribution in [0, 0.1) is 0 Å². The number of amides is 3. The van der Waals surface area contributed by atoms with Crippen LogP contribution in [0.3, 0.4) is 0 Å². The Kier molecular flexibility index (Phi) is 6.37. The number of carbonyl (C=O) groups is 2. The van der Waals surface area contributed by atoms with Crippen molar-refractivity contribution in [3.8, 4) is 11.5 Å². The number of nitrogens with one attached hydrogen (secondary N) is 2. The lowest BCUT2D eigenvalue weighted by Crippen LogP contribution is -2.29. The number of hydrogen-bond acceptors (Lipinski definition) is 4. The van der Waals surface area contributed by atoms with Crippen LogP contribution < -0.4 is 20.1 Å². The van der Waals surface area contributed by atoms with E-state index in [4.69, 9.17) is 9.47 Å². The molecular weight excluding hydrogens is 358 g/mol. The first-order valence-corrected chi connectivity index (χ1v) is 9.26. The number of carbonyl (C=O) groups excluding carboxylic acids is 2. The fourth-order valence-corrected chi connectivity index (χ4v) is 3.23. The van der Waals surface area contributed by atoms with Crippen LogP contribution >= 0.6 is 0 Å². The van der Waals surface area contributed by atoms with Gasteiger partial charge in [0.25, 0.3) is 0 Å². The van der Waals surface area contributed by atoms with Crippen LogP contribution in [0.5, 0.6) is 11.5 Å². The maximum Gasteiger partial charge on any atom is 0.323 e. The van der Waals surface area contributed by atoms with E-state index in [-0.39, 0.29) is 5.91 Å². The Morgan fingerprint density at radius 3 is 2.32 bits per heavy atom. The zero-order valence-electron chi connectivity index (χ0n) is 16.2. The van der Waals surface area contributed by atoms with Gasteiger partial charge in [-0.1, -0.05) is 18.2 Å². The highest BCUT2D eigenvalue weighted by Gasteiger charge is 2.18. The van der Waals surface area contributed by atoms with E-state index < -0.39 is 6.03 Å². The summed E-state index contributed by atoms with van der Waals surface area (Å²) in [7, 11) is 3.06. The Morgan fingerprint density at radius 2 is 1.68 bits per heavy atom. The third-order valence-electron chi connectivity index (χ3n) is 4.68. The molecule has 1 fully saturated rings. The molecule has 7 nitrogen and oxygen atoms in total. The Balaban J connectivity index is 1.58. The van der Waals surface area contributed by atoms with Crippen molar-refractivity contribution in [3.05, 3.63) is 48.0 Å². The number of anilines is 2. The molecule has 3 amide bonds. The van der Waals surface area contributed by atoms with E-state index in [9.17, 15) is 9.59 Å². The average Bonchev–Trinajstić information content (AvgIpc) is 3.24. The first-order valence-electron chi connectivity index (χ1n) is 9.26. The van der Waals surface area contributed by atoms with Gasteiger partial charge in [-0.2, -0.15) is 0 Å². The Morgan fingerprint density at radius 1 is 0.964 bits per heavy atom. The van der Waals surface area contributed by atoms with Crippen LogP contribution in [0.1, 0.15) is 18.4 Å². The molecule has 3 rings (SSSR count). The lowest BCUT2D eigenvalue weighted by Gasteiger charge is -2.15. The van der Waals surface area contributed by atoms with Crippen LogP contribution in [0.4, 0.5) is 16.2 Å². The van der Waals surface area contributed by atoms with Crippen LogP contribution in [0.15, 0.2) is 42.5 Å². The second kappa shape index (κ2) is 9.12. The minimum absolute atomic E-state index is 0.154. The summed E-state index contributed by atoms with van der Waals surface area (Å²) in [6.07, 6.45) is 2.55. The van der Waals surface area contributed by atoms with Gasteiger partial charge in [0, 0.05) is 18.8 Å². The minimum atomic E-state index is -0.396. The van der Waals surface area contributed by atoms with Gasteiger partial charge in [-0.3, -0.25) is 4.79 Å². The highest BCUT2D eigenvalue weighted by molar-refractivity contribution is 6.01. The van der Waals surface area contributed by atoms with Gasteiger partial charge in [0.1, 0.15) is 0 Å². The van der Waals surface area contributed by atoms with Gasteiger partial charge in [-0.25, -0.2) is 4.79 Å². The number of methoxy groups -OCH3 is 2. The molecule has 0 saturated carbocycles. The first-order chi connectivity index (χ1) is 13.6. The van der Waals surface area contributed by atoms with E-state index >= 15 is 0 Å². The smallest absolute Gasteiger partial charge is 0.323 e. The summed E-state index contributed by atoms with van der Waals surface area (Å²) in [6.45, 7) is 1.71. The minimum Gasteiger partial charge on any atom is -0.493 e. The molecule has 1 heterocycles. The topological polar surface area (TPSA) is 79.9 Å². The van der Waals surface area contributed by atoms with Gasteiger partial charge >= 0.3 is 6.03 Å². The molecule has 0 radical (unpaired) electrons. The summed E-state index contributed by atoms with van der Waals surface area (Å²) in [4.78, 5) is 26.4. The average molecular weight is 383 g/mol.